The molecule has 46 heavy (non-hydrogen) atoms. The molecule has 2 saturated heterocycles. The van der Waals surface area contributed by atoms with E-state index in [4.69, 9.17) is 32.7 Å². The van der Waals surface area contributed by atoms with E-state index in [1.165, 1.54) is 4.80 Å². The van der Waals surface area contributed by atoms with Gasteiger partial charge in [-0.15, -0.1) is 10.2 Å². The fourth-order valence-corrected chi connectivity index (χ4v) is 6.66. The van der Waals surface area contributed by atoms with Gasteiger partial charge in [-0.25, -0.2) is 9.97 Å². The van der Waals surface area contributed by atoms with Gasteiger partial charge in [0.15, 0.2) is 34.0 Å². The fraction of sp³-hybridized carbons (Fsp3) is 0.536. The zero-order chi connectivity index (χ0) is 31.2. The Bertz CT molecular complexity index is 1840. The summed E-state index contributed by atoms with van der Waals surface area (Å²) in [5, 5.41) is 19.9. The van der Waals surface area contributed by atoms with Crippen LogP contribution in [0.3, 0.4) is 0 Å². The summed E-state index contributed by atoms with van der Waals surface area (Å²) in [7, 11) is 0. The molecule has 8 rings (SSSR count). The van der Waals surface area contributed by atoms with Crippen LogP contribution >= 0.6 is 23.2 Å². The van der Waals surface area contributed by atoms with Gasteiger partial charge in [-0.05, 0) is 80.3 Å². The van der Waals surface area contributed by atoms with Crippen LogP contribution in [0, 0.1) is 12.8 Å². The number of nitrogens with zero attached hydrogens (tertiary/aromatic N) is 12. The minimum atomic E-state index is -0.452. The minimum absolute atomic E-state index is 0.0856. The SMILES string of the molecule is CCn1nnc([C@H]2[CH][CH][C@H](n3cnc4c(N[C@H]5CC[C@H](Nc6nc(Cl)nc7c6ncn7C6CCCCO6)CC5)nc(Cl)nc43)O2)n1. The number of hydrogen-bond acceptors (Lipinski definition) is 13. The van der Waals surface area contributed by atoms with Crippen LogP contribution in [0.4, 0.5) is 11.6 Å². The molecule has 5 aromatic heterocycles. The quantitative estimate of drug-likeness (QED) is 0.222. The first-order valence-electron chi connectivity index (χ1n) is 15.6. The van der Waals surface area contributed by atoms with Gasteiger partial charge in [-0.1, -0.05) is 0 Å². The van der Waals surface area contributed by atoms with Crippen LogP contribution < -0.4 is 10.6 Å². The van der Waals surface area contributed by atoms with E-state index in [1.54, 1.807) is 12.7 Å². The zero-order valence-corrected chi connectivity index (χ0v) is 26.5. The molecule has 3 aliphatic rings. The predicted octanol–water partition coefficient (Wildman–Crippen LogP) is 4.49. The number of fused-ring (bicyclic) bond motifs is 2. The average molecular weight is 668 g/mol. The second-order valence-electron chi connectivity index (χ2n) is 11.7. The molecule has 2 radical (unpaired) electrons. The number of hydrogen-bond donors (Lipinski definition) is 2. The number of nitrogens with one attached hydrogen (secondary N) is 2. The van der Waals surface area contributed by atoms with Crippen LogP contribution in [0.2, 0.25) is 10.6 Å². The highest BCUT2D eigenvalue weighted by molar-refractivity contribution is 6.29. The van der Waals surface area contributed by atoms with Crippen molar-refractivity contribution in [1.29, 1.82) is 0 Å². The van der Waals surface area contributed by atoms with Gasteiger partial charge in [-0.3, -0.25) is 9.13 Å². The van der Waals surface area contributed by atoms with Crippen molar-refractivity contribution in [2.24, 2.45) is 0 Å². The second-order valence-corrected chi connectivity index (χ2v) is 12.3. The maximum absolute atomic E-state index is 6.40. The Kier molecular flexibility index (Phi) is 8.04. The first-order chi connectivity index (χ1) is 22.5. The number of aryl methyl sites for hydroxylation is 1. The van der Waals surface area contributed by atoms with Crippen molar-refractivity contribution < 1.29 is 9.47 Å². The fourth-order valence-electron chi connectivity index (χ4n) is 6.34. The molecular weight excluding hydrogens is 635 g/mol. The van der Waals surface area contributed by atoms with Gasteiger partial charge in [0.2, 0.25) is 16.4 Å². The van der Waals surface area contributed by atoms with E-state index in [-0.39, 0.29) is 28.9 Å². The number of rotatable bonds is 8. The second kappa shape index (κ2) is 12.5. The van der Waals surface area contributed by atoms with Gasteiger partial charge in [0, 0.05) is 31.5 Å². The lowest BCUT2D eigenvalue weighted by atomic mass is 9.91. The van der Waals surface area contributed by atoms with Crippen LogP contribution in [0.25, 0.3) is 22.3 Å². The lowest BCUT2D eigenvalue weighted by Crippen LogP contribution is -2.33. The monoisotopic (exact) mass is 666 g/mol. The van der Waals surface area contributed by atoms with E-state index in [0.29, 0.717) is 46.3 Å². The summed E-state index contributed by atoms with van der Waals surface area (Å²) >= 11 is 12.8. The Hall–Kier alpha value is -3.73. The maximum atomic E-state index is 6.40. The van der Waals surface area contributed by atoms with Crippen molar-refractivity contribution in [2.75, 3.05) is 17.2 Å². The Balaban J connectivity index is 0.931. The first-order valence-corrected chi connectivity index (χ1v) is 16.3. The number of ether oxygens (including phenoxy) is 2. The molecule has 1 aliphatic carbocycles. The molecule has 5 aromatic rings. The van der Waals surface area contributed by atoms with Gasteiger partial charge in [0.1, 0.15) is 18.6 Å². The zero-order valence-electron chi connectivity index (χ0n) is 25.0. The van der Waals surface area contributed by atoms with E-state index >= 15 is 0 Å². The van der Waals surface area contributed by atoms with E-state index in [2.05, 4.69) is 55.9 Å². The maximum Gasteiger partial charge on any atom is 0.226 e. The van der Waals surface area contributed by atoms with Crippen molar-refractivity contribution in [1.82, 2.24) is 59.2 Å². The van der Waals surface area contributed by atoms with Crippen molar-refractivity contribution in [2.45, 2.75) is 89.1 Å². The topological polar surface area (TPSA) is 173 Å². The van der Waals surface area contributed by atoms with Crippen molar-refractivity contribution >= 4 is 57.2 Å². The lowest BCUT2D eigenvalue weighted by Gasteiger charge is -2.30. The number of aromatic nitrogens is 12. The molecule has 3 atom stereocenters. The summed E-state index contributed by atoms with van der Waals surface area (Å²) < 4.78 is 15.9. The Morgan fingerprint density at radius 1 is 0.826 bits per heavy atom. The molecule has 16 nitrogen and oxygen atoms in total. The Labute approximate surface area is 273 Å². The lowest BCUT2D eigenvalue weighted by molar-refractivity contribution is -0.0298. The molecular formula is C28H32Cl2N14O2. The molecule has 1 unspecified atom stereocenters. The third-order valence-electron chi connectivity index (χ3n) is 8.68. The highest BCUT2D eigenvalue weighted by atomic mass is 35.5. The van der Waals surface area contributed by atoms with Gasteiger partial charge in [-0.2, -0.15) is 24.7 Å². The minimum Gasteiger partial charge on any atom is -0.365 e. The molecule has 2 aliphatic heterocycles. The Morgan fingerprint density at radius 2 is 1.48 bits per heavy atom. The largest absolute Gasteiger partial charge is 0.365 e. The summed E-state index contributed by atoms with van der Waals surface area (Å²) in [5.74, 6) is 1.74. The van der Waals surface area contributed by atoms with Crippen LogP contribution in [0.1, 0.15) is 76.3 Å². The first kappa shape index (κ1) is 29.7. The van der Waals surface area contributed by atoms with Crippen LogP contribution in [0.15, 0.2) is 12.7 Å². The smallest absolute Gasteiger partial charge is 0.226 e. The van der Waals surface area contributed by atoms with Crippen molar-refractivity contribution in [3.8, 4) is 0 Å². The van der Waals surface area contributed by atoms with Crippen molar-refractivity contribution in [3.05, 3.63) is 41.9 Å². The summed E-state index contributed by atoms with van der Waals surface area (Å²) in [6.07, 6.45) is 13.0. The van der Waals surface area contributed by atoms with E-state index in [9.17, 15) is 0 Å². The highest BCUT2D eigenvalue weighted by Crippen LogP contribution is 2.37. The molecule has 0 bridgehead atoms. The van der Waals surface area contributed by atoms with Crippen molar-refractivity contribution in [3.63, 3.8) is 0 Å². The molecule has 2 N–H and O–H groups in total. The van der Waals surface area contributed by atoms with Gasteiger partial charge < -0.3 is 20.1 Å². The van der Waals surface area contributed by atoms with Gasteiger partial charge in [0.25, 0.3) is 0 Å². The molecule has 3 fully saturated rings. The normalized spacial score (nSPS) is 25.4. The molecule has 240 valence electrons. The van der Waals surface area contributed by atoms with E-state index < -0.39 is 12.3 Å². The average Bonchev–Trinajstić information content (AvgIpc) is 3.88. The highest BCUT2D eigenvalue weighted by Gasteiger charge is 2.33. The predicted molar refractivity (Wildman–Crippen MR) is 168 cm³/mol. The van der Waals surface area contributed by atoms with Crippen LogP contribution in [0.5, 0.6) is 0 Å². The molecule has 0 amide bonds. The third kappa shape index (κ3) is 5.71. The van der Waals surface area contributed by atoms with Crippen LogP contribution in [-0.2, 0) is 16.0 Å². The van der Waals surface area contributed by atoms with Gasteiger partial charge >= 0.3 is 0 Å². The summed E-state index contributed by atoms with van der Waals surface area (Å²) in [5.41, 5.74) is 2.57. The summed E-state index contributed by atoms with van der Waals surface area (Å²) in [4.78, 5) is 28.7. The van der Waals surface area contributed by atoms with Crippen LogP contribution in [-0.4, -0.2) is 77.9 Å². The number of halogens is 2. The third-order valence-corrected chi connectivity index (χ3v) is 9.02. The number of imidazole rings is 2. The molecule has 1 saturated carbocycles. The van der Waals surface area contributed by atoms with E-state index in [1.807, 2.05) is 28.9 Å². The Morgan fingerprint density at radius 3 is 2.09 bits per heavy atom. The standard InChI is InChI=1S/C28H32Cl2N14O2/c1-2-44-40-22(39-41-44)17-10-11-19(46-17)43-14-32-21-24(36-28(30)38-26(21)43)34-16-8-6-15(7-9-16)33-23-20-25(37-27(29)35-23)42(13-31-20)18-5-3-4-12-45-18/h10-11,13-19H,2-9,12H2,1H3,(H,33,35,37)(H,34,36,38)/t15-,16-,17-,18?,19-/m1/s1. The summed E-state index contributed by atoms with van der Waals surface area (Å²) in [6, 6.07) is 0.373. The van der Waals surface area contributed by atoms with Gasteiger partial charge in [0.05, 0.1) is 19.2 Å². The number of anilines is 2. The summed E-state index contributed by atoms with van der Waals surface area (Å²) in [6.45, 7) is 3.31. The van der Waals surface area contributed by atoms with E-state index in [0.717, 1.165) is 51.6 Å². The number of tetrazole rings is 1. The molecule has 0 aromatic carbocycles. The molecule has 18 heteroatoms. The molecule has 0 spiro atoms. The molecule has 7 heterocycles.